The van der Waals surface area contributed by atoms with Crippen molar-refractivity contribution >= 4 is 41.1 Å². The van der Waals surface area contributed by atoms with Gasteiger partial charge in [-0.15, -0.1) is 23.5 Å². The normalized spacial score (nSPS) is 14.9. The van der Waals surface area contributed by atoms with Crippen LogP contribution in [0.2, 0.25) is 0 Å². The number of amides is 1. The van der Waals surface area contributed by atoms with Gasteiger partial charge in [-0.05, 0) is 48.1 Å². The van der Waals surface area contributed by atoms with Crippen molar-refractivity contribution in [2.75, 3.05) is 28.7 Å². The third kappa shape index (κ3) is 5.93. The molecule has 1 aliphatic heterocycles. The number of nitrogens with zero attached hydrogens (tertiary/aromatic N) is 2. The van der Waals surface area contributed by atoms with Gasteiger partial charge in [0.15, 0.2) is 0 Å². The van der Waals surface area contributed by atoms with Gasteiger partial charge >= 0.3 is 0 Å². The Morgan fingerprint density at radius 1 is 1.16 bits per heavy atom. The van der Waals surface area contributed by atoms with Crippen LogP contribution in [-0.4, -0.2) is 33.9 Å². The quantitative estimate of drug-likeness (QED) is 0.709. The Kier molecular flexibility index (Phi) is 6.99. The van der Waals surface area contributed by atoms with Gasteiger partial charge in [-0.1, -0.05) is 12.1 Å². The zero-order valence-corrected chi connectivity index (χ0v) is 15.6. The number of aromatic nitrogens is 2. The highest BCUT2D eigenvalue weighted by Crippen LogP contribution is 2.44. The van der Waals surface area contributed by atoms with E-state index < -0.39 is 0 Å². The summed E-state index contributed by atoms with van der Waals surface area (Å²) in [5, 5.41) is 6.11. The minimum atomic E-state index is 0.0388. The van der Waals surface area contributed by atoms with Crippen LogP contribution >= 0.6 is 23.5 Å². The molecule has 5 nitrogen and oxygen atoms in total. The van der Waals surface area contributed by atoms with Crippen LogP contribution in [0.1, 0.15) is 29.4 Å². The molecule has 1 fully saturated rings. The second-order valence-corrected chi connectivity index (χ2v) is 8.43. The van der Waals surface area contributed by atoms with Crippen LogP contribution < -0.4 is 10.6 Å². The van der Waals surface area contributed by atoms with Crippen LogP contribution in [0.3, 0.4) is 0 Å². The van der Waals surface area contributed by atoms with E-state index in [0.29, 0.717) is 23.5 Å². The Morgan fingerprint density at radius 2 is 1.96 bits per heavy atom. The molecule has 0 bridgehead atoms. The Labute approximate surface area is 156 Å². The molecule has 1 amide bonds. The molecule has 0 aliphatic carbocycles. The van der Waals surface area contributed by atoms with Crippen molar-refractivity contribution < 1.29 is 4.79 Å². The molecule has 0 atom stereocenters. The van der Waals surface area contributed by atoms with E-state index in [1.54, 1.807) is 18.5 Å². The van der Waals surface area contributed by atoms with Crippen LogP contribution in [0.15, 0.2) is 42.7 Å². The first-order valence-electron chi connectivity index (χ1n) is 8.45. The molecule has 1 aromatic heterocycles. The van der Waals surface area contributed by atoms with Crippen molar-refractivity contribution in [2.24, 2.45) is 0 Å². The van der Waals surface area contributed by atoms with Gasteiger partial charge < -0.3 is 10.6 Å². The molecule has 2 aromatic rings. The number of nitrogens with one attached hydrogen (secondary N) is 2. The Balaban J connectivity index is 1.43. The van der Waals surface area contributed by atoms with E-state index in [1.165, 1.54) is 23.5 Å². The van der Waals surface area contributed by atoms with Crippen molar-refractivity contribution in [3.63, 3.8) is 0 Å². The van der Waals surface area contributed by atoms with E-state index in [9.17, 15) is 4.79 Å². The summed E-state index contributed by atoms with van der Waals surface area (Å²) in [4.78, 5) is 20.3. The van der Waals surface area contributed by atoms with E-state index >= 15 is 0 Å². The molecular formula is C18H22N4OS2. The Morgan fingerprint density at radius 3 is 2.76 bits per heavy atom. The van der Waals surface area contributed by atoms with Crippen molar-refractivity contribution in [1.29, 1.82) is 0 Å². The maximum Gasteiger partial charge on any atom is 0.224 e. The summed E-state index contributed by atoms with van der Waals surface area (Å²) in [6, 6.07) is 10.0. The lowest BCUT2D eigenvalue weighted by molar-refractivity contribution is -0.116. The Hall–Kier alpha value is -1.73. The maximum absolute atomic E-state index is 12.1. The summed E-state index contributed by atoms with van der Waals surface area (Å²) in [5.74, 6) is 3.06. The van der Waals surface area contributed by atoms with E-state index in [-0.39, 0.29) is 5.91 Å². The second kappa shape index (κ2) is 9.68. The molecule has 7 heteroatoms. The summed E-state index contributed by atoms with van der Waals surface area (Å²) < 4.78 is 0.487. The van der Waals surface area contributed by atoms with E-state index in [1.807, 2.05) is 35.7 Å². The highest BCUT2D eigenvalue weighted by molar-refractivity contribution is 8.16. The molecule has 1 saturated heterocycles. The molecule has 0 unspecified atom stereocenters. The van der Waals surface area contributed by atoms with Gasteiger partial charge in [0, 0.05) is 31.0 Å². The fourth-order valence-corrected chi connectivity index (χ4v) is 5.38. The fourth-order valence-electron chi connectivity index (χ4n) is 2.51. The number of hydrogen-bond acceptors (Lipinski definition) is 6. The summed E-state index contributed by atoms with van der Waals surface area (Å²) in [5.41, 5.74) is 2.17. The zero-order chi connectivity index (χ0) is 17.3. The topological polar surface area (TPSA) is 66.9 Å². The number of thioether (sulfide) groups is 2. The summed E-state index contributed by atoms with van der Waals surface area (Å²) in [6.07, 6.45) is 5.87. The predicted molar refractivity (Wildman–Crippen MR) is 107 cm³/mol. The van der Waals surface area contributed by atoms with Gasteiger partial charge in [-0.2, -0.15) is 0 Å². The molecule has 1 aromatic carbocycles. The summed E-state index contributed by atoms with van der Waals surface area (Å²) in [6.45, 7) is 0.673. The van der Waals surface area contributed by atoms with Crippen LogP contribution in [0, 0.1) is 0 Å². The van der Waals surface area contributed by atoms with E-state index in [4.69, 9.17) is 0 Å². The third-order valence-corrected chi connectivity index (χ3v) is 6.71. The molecule has 25 heavy (non-hydrogen) atoms. The molecule has 3 rings (SSSR count). The highest BCUT2D eigenvalue weighted by atomic mass is 32.2. The number of anilines is 2. The molecule has 2 N–H and O–H groups in total. The predicted octanol–water partition coefficient (Wildman–Crippen LogP) is 4.18. The number of carbonyl (C=O) groups is 1. The van der Waals surface area contributed by atoms with Gasteiger partial charge in [0.1, 0.15) is 0 Å². The van der Waals surface area contributed by atoms with Gasteiger partial charge in [0.2, 0.25) is 11.9 Å². The average Bonchev–Trinajstić information content (AvgIpc) is 2.67. The second-order valence-electron chi connectivity index (χ2n) is 5.70. The van der Waals surface area contributed by atoms with Crippen LogP contribution in [0.4, 0.5) is 11.6 Å². The monoisotopic (exact) mass is 374 g/mol. The lowest BCUT2D eigenvalue weighted by atomic mass is 10.2. The fraction of sp³-hybridized carbons (Fsp3) is 0.389. The lowest BCUT2D eigenvalue weighted by Gasteiger charge is -2.21. The SMILES string of the molecule is O=C(CCCNc1ncccn1)Nc1cccc(C2SCCCS2)c1. The smallest absolute Gasteiger partial charge is 0.224 e. The molecule has 0 spiro atoms. The number of hydrogen-bond donors (Lipinski definition) is 2. The van der Waals surface area contributed by atoms with Gasteiger partial charge in [0.25, 0.3) is 0 Å². The standard InChI is InChI=1S/C18H22N4OS2/c23-16(7-2-8-19-18-20-9-3-10-21-18)22-15-6-1-5-14(13-15)17-24-11-4-12-25-17/h1,3,5-6,9-10,13,17H,2,4,7-8,11-12H2,(H,22,23)(H,19,20,21). The molecule has 132 valence electrons. The van der Waals surface area contributed by atoms with Crippen molar-refractivity contribution in [2.45, 2.75) is 23.8 Å². The third-order valence-electron chi connectivity index (χ3n) is 3.70. The number of rotatable bonds is 7. The van der Waals surface area contributed by atoms with Crippen LogP contribution in [-0.2, 0) is 4.79 Å². The Bertz CT molecular complexity index is 678. The summed E-state index contributed by atoms with van der Waals surface area (Å²) in [7, 11) is 0. The highest BCUT2D eigenvalue weighted by Gasteiger charge is 2.16. The molecule has 0 saturated carbocycles. The maximum atomic E-state index is 12.1. The van der Waals surface area contributed by atoms with Crippen LogP contribution in [0.5, 0.6) is 0 Å². The first kappa shape index (κ1) is 18.1. The zero-order valence-electron chi connectivity index (χ0n) is 14.0. The molecule has 2 heterocycles. The molecular weight excluding hydrogens is 352 g/mol. The van der Waals surface area contributed by atoms with Gasteiger partial charge in [-0.3, -0.25) is 4.79 Å². The minimum absolute atomic E-state index is 0.0388. The summed E-state index contributed by atoms with van der Waals surface area (Å²) >= 11 is 3.98. The number of benzene rings is 1. The van der Waals surface area contributed by atoms with Crippen molar-refractivity contribution in [3.05, 3.63) is 48.3 Å². The van der Waals surface area contributed by atoms with Crippen molar-refractivity contribution in [1.82, 2.24) is 9.97 Å². The first-order chi connectivity index (χ1) is 12.3. The largest absolute Gasteiger partial charge is 0.354 e. The molecule has 0 radical (unpaired) electrons. The van der Waals surface area contributed by atoms with Gasteiger partial charge in [-0.25, -0.2) is 9.97 Å². The minimum Gasteiger partial charge on any atom is -0.354 e. The molecule has 1 aliphatic rings. The van der Waals surface area contributed by atoms with Gasteiger partial charge in [0.05, 0.1) is 4.58 Å². The number of carbonyl (C=O) groups excluding carboxylic acids is 1. The van der Waals surface area contributed by atoms with Crippen LogP contribution in [0.25, 0.3) is 0 Å². The average molecular weight is 375 g/mol. The van der Waals surface area contributed by atoms with Crippen molar-refractivity contribution in [3.8, 4) is 0 Å². The van der Waals surface area contributed by atoms with E-state index in [2.05, 4.69) is 32.7 Å². The lowest BCUT2D eigenvalue weighted by Crippen LogP contribution is -2.14. The van der Waals surface area contributed by atoms with E-state index in [0.717, 1.165) is 12.1 Å². The first-order valence-corrected chi connectivity index (χ1v) is 10.5.